The second-order valence-corrected chi connectivity index (χ2v) is 6.15. The summed E-state index contributed by atoms with van der Waals surface area (Å²) in [5.74, 6) is -0.250. The third-order valence-corrected chi connectivity index (χ3v) is 3.58. The minimum absolute atomic E-state index is 0.0864. The number of hydrogen-bond donors (Lipinski definition) is 3. The number of nitrogens with one attached hydrogen (secondary N) is 2. The van der Waals surface area contributed by atoms with Gasteiger partial charge in [-0.1, -0.05) is 0 Å². The van der Waals surface area contributed by atoms with Gasteiger partial charge in [0.05, 0.1) is 18.3 Å². The summed E-state index contributed by atoms with van der Waals surface area (Å²) >= 11 is 0. The monoisotopic (exact) mass is 343 g/mol. The Kier molecular flexibility index (Phi) is 3.52. The second-order valence-electron chi connectivity index (χ2n) is 6.15. The lowest BCUT2D eigenvalue weighted by atomic mass is 10.3. The van der Waals surface area contributed by atoms with Gasteiger partial charge in [-0.25, -0.2) is 9.79 Å². The Hall–Kier alpha value is -3.17. The zero-order valence-electron chi connectivity index (χ0n) is 13.7. The number of aromatic hydroxyl groups is 1. The number of fused-ring (bicyclic) bond motifs is 1. The van der Waals surface area contributed by atoms with Crippen molar-refractivity contribution >= 4 is 11.7 Å². The Balaban J connectivity index is 1.94. The molecule has 10 nitrogen and oxygen atoms in total. The molecule has 0 radical (unpaired) electrons. The van der Waals surface area contributed by atoms with Crippen LogP contribution in [0.1, 0.15) is 32.4 Å². The molecule has 0 amide bonds. The molecule has 0 aromatic carbocycles. The maximum atomic E-state index is 11.3. The number of aromatic amines is 2. The van der Waals surface area contributed by atoms with Crippen LogP contribution in [0.5, 0.6) is 11.9 Å². The SMILES string of the molecule is CC(C)Oc1nc(=NC2CC2)n2ncc(=Cc3[nH]c(=O)[nH]c3O)c2n1. The summed E-state index contributed by atoms with van der Waals surface area (Å²) < 4.78 is 7.14. The van der Waals surface area contributed by atoms with E-state index in [-0.39, 0.29) is 29.7 Å². The maximum absolute atomic E-state index is 11.3. The van der Waals surface area contributed by atoms with E-state index in [2.05, 4.69) is 30.0 Å². The quantitative estimate of drug-likeness (QED) is 0.570. The molecule has 0 spiro atoms. The summed E-state index contributed by atoms with van der Waals surface area (Å²) in [5.41, 5.74) is 0.648. The zero-order chi connectivity index (χ0) is 17.6. The molecule has 4 rings (SSSR count). The first-order valence-corrected chi connectivity index (χ1v) is 7.99. The van der Waals surface area contributed by atoms with Crippen molar-refractivity contribution < 1.29 is 9.84 Å². The van der Waals surface area contributed by atoms with Gasteiger partial charge >= 0.3 is 11.7 Å². The van der Waals surface area contributed by atoms with Crippen LogP contribution in [0.25, 0.3) is 11.7 Å². The number of ether oxygens (including phenoxy) is 1. The Morgan fingerprint density at radius 2 is 2.20 bits per heavy atom. The van der Waals surface area contributed by atoms with Crippen LogP contribution >= 0.6 is 0 Å². The van der Waals surface area contributed by atoms with E-state index in [0.717, 1.165) is 12.8 Å². The average molecular weight is 343 g/mol. The van der Waals surface area contributed by atoms with Crippen LogP contribution in [0, 0.1) is 0 Å². The predicted molar refractivity (Wildman–Crippen MR) is 87.0 cm³/mol. The molecule has 3 aromatic heterocycles. The fraction of sp³-hybridized carbons (Fsp3) is 0.400. The first-order chi connectivity index (χ1) is 12.0. The highest BCUT2D eigenvalue weighted by atomic mass is 16.5. The Morgan fingerprint density at radius 1 is 1.40 bits per heavy atom. The molecule has 10 heteroatoms. The van der Waals surface area contributed by atoms with Crippen molar-refractivity contribution in [2.45, 2.75) is 38.8 Å². The number of imidazole rings is 1. The third-order valence-electron chi connectivity index (χ3n) is 3.58. The Morgan fingerprint density at radius 3 is 2.84 bits per heavy atom. The molecule has 3 aromatic rings. The molecular formula is C15H17N7O3. The lowest BCUT2D eigenvalue weighted by molar-refractivity contribution is 0.220. The molecule has 1 fully saturated rings. The molecule has 3 N–H and O–H groups in total. The van der Waals surface area contributed by atoms with E-state index in [9.17, 15) is 9.90 Å². The fourth-order valence-electron chi connectivity index (χ4n) is 2.32. The average Bonchev–Trinajstić information content (AvgIpc) is 3.17. The van der Waals surface area contributed by atoms with Crippen LogP contribution in [0.15, 0.2) is 16.0 Å². The number of H-pyrrole nitrogens is 2. The predicted octanol–water partition coefficient (Wildman–Crippen LogP) is -0.756. The molecule has 25 heavy (non-hydrogen) atoms. The summed E-state index contributed by atoms with van der Waals surface area (Å²) in [6.07, 6.45) is 5.12. The molecule has 0 atom stereocenters. The molecule has 1 aliphatic rings. The molecule has 1 saturated carbocycles. The summed E-state index contributed by atoms with van der Waals surface area (Å²) in [4.78, 5) is 29.3. The van der Waals surface area contributed by atoms with E-state index in [4.69, 9.17) is 4.74 Å². The van der Waals surface area contributed by atoms with Gasteiger partial charge in [0.1, 0.15) is 5.69 Å². The fourth-order valence-corrected chi connectivity index (χ4v) is 2.32. The topological polar surface area (TPSA) is 134 Å². The van der Waals surface area contributed by atoms with E-state index < -0.39 is 5.69 Å². The zero-order valence-corrected chi connectivity index (χ0v) is 13.7. The van der Waals surface area contributed by atoms with Gasteiger partial charge in [0.25, 0.3) is 5.62 Å². The first-order valence-electron chi connectivity index (χ1n) is 7.99. The number of hydrogen-bond acceptors (Lipinski definition) is 7. The minimum Gasteiger partial charge on any atom is -0.493 e. The molecule has 130 valence electrons. The third kappa shape index (κ3) is 3.10. The first kappa shape index (κ1) is 15.4. The Bertz CT molecular complexity index is 1100. The highest BCUT2D eigenvalue weighted by Gasteiger charge is 2.21. The Labute approximate surface area is 140 Å². The van der Waals surface area contributed by atoms with E-state index in [1.807, 2.05) is 13.8 Å². The molecule has 3 heterocycles. The molecule has 1 aliphatic carbocycles. The van der Waals surface area contributed by atoms with Crippen molar-refractivity contribution in [1.82, 2.24) is 29.5 Å². The molecule has 0 saturated heterocycles. The van der Waals surface area contributed by atoms with Gasteiger partial charge in [-0.15, -0.1) is 0 Å². The lowest BCUT2D eigenvalue weighted by Crippen LogP contribution is -2.25. The van der Waals surface area contributed by atoms with E-state index >= 15 is 0 Å². The number of aromatic nitrogens is 6. The normalized spacial score (nSPS) is 16.3. The van der Waals surface area contributed by atoms with Crippen LogP contribution < -0.4 is 21.3 Å². The van der Waals surface area contributed by atoms with Crippen molar-refractivity contribution in [3.8, 4) is 11.9 Å². The van der Waals surface area contributed by atoms with Gasteiger partial charge in [0, 0.05) is 5.22 Å². The molecule has 0 unspecified atom stereocenters. The van der Waals surface area contributed by atoms with Gasteiger partial charge in [0.2, 0.25) is 5.88 Å². The number of rotatable bonds is 4. The van der Waals surface area contributed by atoms with Crippen molar-refractivity contribution in [2.75, 3.05) is 0 Å². The van der Waals surface area contributed by atoms with Crippen LogP contribution in [0.4, 0.5) is 0 Å². The minimum atomic E-state index is -0.497. The standard InChI is InChI=1S/C15H17N7O3/c1-7(2)25-15-19-11-8(5-10-12(23)20-14(24)18-10)6-16-22(11)13(21-15)17-9-3-4-9/h5-7,9,23H,3-4H2,1-2H3,(H2,18,20,24). The van der Waals surface area contributed by atoms with Gasteiger partial charge in [-0.05, 0) is 32.8 Å². The maximum Gasteiger partial charge on any atom is 0.326 e. The lowest BCUT2D eigenvalue weighted by Gasteiger charge is -2.07. The van der Waals surface area contributed by atoms with E-state index in [0.29, 0.717) is 16.5 Å². The van der Waals surface area contributed by atoms with E-state index in [1.54, 1.807) is 12.3 Å². The van der Waals surface area contributed by atoms with Crippen molar-refractivity contribution in [2.24, 2.45) is 4.99 Å². The van der Waals surface area contributed by atoms with Crippen LogP contribution in [-0.2, 0) is 0 Å². The van der Waals surface area contributed by atoms with Crippen molar-refractivity contribution in [3.63, 3.8) is 0 Å². The smallest absolute Gasteiger partial charge is 0.326 e. The molecule has 0 bridgehead atoms. The highest BCUT2D eigenvalue weighted by molar-refractivity contribution is 5.56. The van der Waals surface area contributed by atoms with Crippen molar-refractivity contribution in [3.05, 3.63) is 33.2 Å². The van der Waals surface area contributed by atoms with Crippen LogP contribution in [0.2, 0.25) is 0 Å². The summed E-state index contributed by atoms with van der Waals surface area (Å²) in [6, 6.07) is 0.468. The van der Waals surface area contributed by atoms with Crippen molar-refractivity contribution in [1.29, 1.82) is 0 Å². The molecular weight excluding hydrogens is 326 g/mol. The van der Waals surface area contributed by atoms with Gasteiger partial charge < -0.3 is 14.8 Å². The summed E-state index contributed by atoms with van der Waals surface area (Å²) in [5, 5.41) is 14.6. The highest BCUT2D eigenvalue weighted by Crippen LogP contribution is 2.22. The second kappa shape index (κ2) is 5.72. The van der Waals surface area contributed by atoms with Crippen LogP contribution in [0.3, 0.4) is 0 Å². The van der Waals surface area contributed by atoms with Gasteiger partial charge in [-0.3, -0.25) is 4.98 Å². The van der Waals surface area contributed by atoms with Crippen LogP contribution in [-0.4, -0.2) is 46.8 Å². The molecule has 0 aliphatic heterocycles. The van der Waals surface area contributed by atoms with Gasteiger partial charge in [-0.2, -0.15) is 19.6 Å². The largest absolute Gasteiger partial charge is 0.493 e. The van der Waals surface area contributed by atoms with Gasteiger partial charge in [0.15, 0.2) is 5.65 Å². The number of nitrogens with zero attached hydrogens (tertiary/aromatic N) is 5. The summed E-state index contributed by atoms with van der Waals surface area (Å²) in [6.45, 7) is 3.77. The summed E-state index contributed by atoms with van der Waals surface area (Å²) in [7, 11) is 0. The van der Waals surface area contributed by atoms with E-state index in [1.165, 1.54) is 4.52 Å².